The molecule has 0 saturated carbocycles. The number of rotatable bonds is 12. The summed E-state index contributed by atoms with van der Waals surface area (Å²) in [6.45, 7) is 5.85. The number of carbonyl (C=O) groups excluding carboxylic acids is 2. The first-order chi connectivity index (χ1) is 19.4. The van der Waals surface area contributed by atoms with Gasteiger partial charge in [0.15, 0.2) is 9.84 Å². The average molecular weight is 607 g/mol. The van der Waals surface area contributed by atoms with Gasteiger partial charge in [0.25, 0.3) is 10.0 Å². The predicted octanol–water partition coefficient (Wildman–Crippen LogP) is 3.89. The van der Waals surface area contributed by atoms with Gasteiger partial charge in [-0.3, -0.25) is 4.57 Å². The minimum absolute atomic E-state index is 0.0422. The third-order valence-corrected chi connectivity index (χ3v) is 8.14. The van der Waals surface area contributed by atoms with Gasteiger partial charge in [-0.25, -0.2) is 36.1 Å². The van der Waals surface area contributed by atoms with E-state index >= 15 is 0 Å². The van der Waals surface area contributed by atoms with Crippen LogP contribution in [-0.2, 0) is 37.6 Å². The molecule has 0 aliphatic rings. The highest BCUT2D eigenvalue weighted by Gasteiger charge is 2.28. The van der Waals surface area contributed by atoms with E-state index in [4.69, 9.17) is 9.47 Å². The molecule has 41 heavy (non-hydrogen) atoms. The van der Waals surface area contributed by atoms with Crippen LogP contribution < -0.4 is 14.8 Å². The Kier molecular flexibility index (Phi) is 10.5. The van der Waals surface area contributed by atoms with Gasteiger partial charge >= 0.3 is 12.2 Å². The topological polar surface area (TPSA) is 163 Å². The SMILES string of the molecule is CCCNC(=O)NS(=O)(=O)c1ccccc1-c1ccc(Cn2c(CCC)nc(S(C)(=O)=O)c2OC(=O)OCC)cc1. The summed E-state index contributed by atoms with van der Waals surface area (Å²) >= 11 is 0. The van der Waals surface area contributed by atoms with Gasteiger partial charge in [-0.2, -0.15) is 0 Å². The number of hydrogen-bond acceptors (Lipinski definition) is 9. The fourth-order valence-corrected chi connectivity index (χ4v) is 5.87. The van der Waals surface area contributed by atoms with Crippen molar-refractivity contribution < 1.29 is 35.9 Å². The lowest BCUT2D eigenvalue weighted by atomic mass is 10.0. The van der Waals surface area contributed by atoms with Crippen LogP contribution in [0.25, 0.3) is 11.1 Å². The van der Waals surface area contributed by atoms with Crippen molar-refractivity contribution in [1.29, 1.82) is 0 Å². The van der Waals surface area contributed by atoms with Crippen LogP contribution in [0.15, 0.2) is 58.5 Å². The highest BCUT2D eigenvalue weighted by Crippen LogP contribution is 2.30. The quantitative estimate of drug-likeness (QED) is 0.291. The van der Waals surface area contributed by atoms with Crippen LogP contribution in [0.2, 0.25) is 0 Å². The Hall–Kier alpha value is -3.91. The number of carbonyl (C=O) groups is 2. The third kappa shape index (κ3) is 8.07. The molecule has 1 aromatic heterocycles. The molecule has 2 amide bonds. The standard InChI is InChI=1S/C27H34N4O8S2/c1-5-10-23-29-24(40(4,34)35)25(39-27(33)38-7-3)31(23)18-19-13-15-20(16-14-19)21-11-8-9-12-22(21)41(36,37)30-26(32)28-17-6-2/h8-9,11-16H,5-7,10,17-18H2,1-4H3,(H2,28,30,32). The van der Waals surface area contributed by atoms with Crippen molar-refractivity contribution in [3.05, 3.63) is 59.9 Å². The van der Waals surface area contributed by atoms with Crippen molar-refractivity contribution in [1.82, 2.24) is 19.6 Å². The van der Waals surface area contributed by atoms with Gasteiger partial charge in [-0.1, -0.05) is 56.3 Å². The van der Waals surface area contributed by atoms with E-state index in [1.807, 2.05) is 18.6 Å². The van der Waals surface area contributed by atoms with Crippen LogP contribution in [0.1, 0.15) is 45.0 Å². The number of urea groups is 1. The molecule has 3 aromatic rings. The normalized spacial score (nSPS) is 11.6. The largest absolute Gasteiger partial charge is 0.515 e. The molecule has 2 aromatic carbocycles. The van der Waals surface area contributed by atoms with Crippen LogP contribution >= 0.6 is 0 Å². The second-order valence-corrected chi connectivity index (χ2v) is 12.7. The molecule has 1 heterocycles. The maximum absolute atomic E-state index is 13.0. The third-order valence-electron chi connectivity index (χ3n) is 5.78. The second-order valence-electron chi connectivity index (χ2n) is 9.09. The molecule has 12 nitrogen and oxygen atoms in total. The first-order valence-corrected chi connectivity index (χ1v) is 16.4. The highest BCUT2D eigenvalue weighted by atomic mass is 32.2. The summed E-state index contributed by atoms with van der Waals surface area (Å²) in [4.78, 5) is 28.4. The minimum atomic E-state index is -4.16. The van der Waals surface area contributed by atoms with Crippen LogP contribution in [0.5, 0.6) is 5.88 Å². The predicted molar refractivity (Wildman–Crippen MR) is 152 cm³/mol. The molecule has 3 rings (SSSR count). The van der Waals surface area contributed by atoms with Gasteiger partial charge in [0, 0.05) is 24.8 Å². The number of sulfone groups is 1. The van der Waals surface area contributed by atoms with Gasteiger partial charge in [0.05, 0.1) is 18.0 Å². The van der Waals surface area contributed by atoms with E-state index in [0.717, 1.165) is 6.26 Å². The fraction of sp³-hybridized carbons (Fsp3) is 0.370. The van der Waals surface area contributed by atoms with E-state index in [0.29, 0.717) is 48.3 Å². The molecular weight excluding hydrogens is 572 g/mol. The van der Waals surface area contributed by atoms with Gasteiger partial charge in [0.2, 0.25) is 10.9 Å². The monoisotopic (exact) mass is 606 g/mol. The van der Waals surface area contributed by atoms with Crippen molar-refractivity contribution in [3.8, 4) is 17.0 Å². The number of nitrogens with one attached hydrogen (secondary N) is 2. The lowest BCUT2D eigenvalue weighted by Crippen LogP contribution is -2.39. The number of aromatic nitrogens is 2. The Labute approximate surface area is 240 Å². The maximum atomic E-state index is 13.0. The van der Waals surface area contributed by atoms with E-state index in [1.165, 1.54) is 10.6 Å². The number of ether oxygens (including phenoxy) is 2. The van der Waals surface area contributed by atoms with Crippen molar-refractivity contribution in [3.63, 3.8) is 0 Å². The molecule has 0 aliphatic heterocycles. The molecular formula is C27H34N4O8S2. The molecule has 14 heteroatoms. The molecule has 222 valence electrons. The first kappa shape index (κ1) is 31.6. The Morgan fingerprint density at radius 3 is 2.24 bits per heavy atom. The van der Waals surface area contributed by atoms with Crippen molar-refractivity contribution in [2.24, 2.45) is 0 Å². The Balaban J connectivity index is 1.98. The van der Waals surface area contributed by atoms with Gasteiger partial charge in [-0.05, 0) is 37.0 Å². The van der Waals surface area contributed by atoms with E-state index in [2.05, 4.69) is 10.3 Å². The summed E-state index contributed by atoms with van der Waals surface area (Å²) in [6.07, 6.45) is 1.67. The van der Waals surface area contributed by atoms with E-state index in [1.54, 1.807) is 49.4 Å². The average Bonchev–Trinajstić information content (AvgIpc) is 3.25. The number of amides is 2. The summed E-state index contributed by atoms with van der Waals surface area (Å²) in [6, 6.07) is 12.4. The van der Waals surface area contributed by atoms with E-state index in [9.17, 15) is 26.4 Å². The maximum Gasteiger partial charge on any atom is 0.515 e. The minimum Gasteiger partial charge on any atom is -0.434 e. The summed E-state index contributed by atoms with van der Waals surface area (Å²) in [5.74, 6) is 0.183. The van der Waals surface area contributed by atoms with Crippen LogP contribution in [0, 0.1) is 0 Å². The molecule has 0 unspecified atom stereocenters. The zero-order chi connectivity index (χ0) is 30.2. The number of nitrogens with zero attached hydrogens (tertiary/aromatic N) is 2. The van der Waals surface area contributed by atoms with Crippen LogP contribution in [0.4, 0.5) is 9.59 Å². The number of aryl methyl sites for hydroxylation is 1. The summed E-state index contributed by atoms with van der Waals surface area (Å²) < 4.78 is 64.6. The van der Waals surface area contributed by atoms with Gasteiger partial charge < -0.3 is 14.8 Å². The number of imidazole rings is 1. The van der Waals surface area contributed by atoms with Crippen LogP contribution in [-0.4, -0.2) is 58.0 Å². The van der Waals surface area contributed by atoms with E-state index in [-0.39, 0.29) is 29.0 Å². The summed E-state index contributed by atoms with van der Waals surface area (Å²) in [7, 11) is -8.00. The summed E-state index contributed by atoms with van der Waals surface area (Å²) in [5, 5.41) is 2.12. The smallest absolute Gasteiger partial charge is 0.434 e. The Morgan fingerprint density at radius 2 is 1.63 bits per heavy atom. The summed E-state index contributed by atoms with van der Waals surface area (Å²) in [5.41, 5.74) is 1.66. The van der Waals surface area contributed by atoms with Crippen LogP contribution in [0.3, 0.4) is 0 Å². The molecule has 0 aliphatic carbocycles. The molecule has 0 atom stereocenters. The molecule has 0 radical (unpaired) electrons. The lowest BCUT2D eigenvalue weighted by Gasteiger charge is -2.14. The zero-order valence-electron chi connectivity index (χ0n) is 23.3. The Morgan fingerprint density at radius 1 is 0.951 bits per heavy atom. The van der Waals surface area contributed by atoms with Crippen molar-refractivity contribution in [2.45, 2.75) is 56.5 Å². The zero-order valence-corrected chi connectivity index (χ0v) is 25.0. The first-order valence-electron chi connectivity index (χ1n) is 13.0. The number of benzene rings is 2. The van der Waals surface area contributed by atoms with Crippen molar-refractivity contribution >= 4 is 32.0 Å². The molecule has 0 spiro atoms. The van der Waals surface area contributed by atoms with Gasteiger partial charge in [-0.15, -0.1) is 0 Å². The second kappa shape index (κ2) is 13.6. The fourth-order valence-electron chi connectivity index (χ4n) is 3.97. The number of sulfonamides is 1. The van der Waals surface area contributed by atoms with E-state index < -0.39 is 32.0 Å². The molecule has 0 fully saturated rings. The van der Waals surface area contributed by atoms with Crippen molar-refractivity contribution in [2.75, 3.05) is 19.4 Å². The number of hydrogen-bond donors (Lipinski definition) is 2. The Bertz CT molecular complexity index is 1600. The molecule has 0 saturated heterocycles. The molecule has 2 N–H and O–H groups in total. The highest BCUT2D eigenvalue weighted by molar-refractivity contribution is 7.90. The lowest BCUT2D eigenvalue weighted by molar-refractivity contribution is 0.0998. The molecule has 0 bridgehead atoms. The van der Waals surface area contributed by atoms with Gasteiger partial charge in [0.1, 0.15) is 5.82 Å².